The lowest BCUT2D eigenvalue weighted by Crippen LogP contribution is -2.34. The highest BCUT2D eigenvalue weighted by atomic mass is 35.5. The summed E-state index contributed by atoms with van der Waals surface area (Å²) in [6.07, 6.45) is 2.73. The molecule has 2 heterocycles. The number of halogens is 1. The molecule has 5 aromatic rings. The van der Waals surface area contributed by atoms with E-state index in [-0.39, 0.29) is 5.91 Å². The Morgan fingerprint density at radius 3 is 2.17 bits per heavy atom. The minimum Gasteiger partial charge on any atom is -0.349 e. The molecular weight excluding hydrogens is 468 g/mol. The number of rotatable bonds is 8. The molecule has 0 radical (unpaired) electrons. The molecule has 0 saturated heterocycles. The van der Waals surface area contributed by atoms with E-state index in [0.29, 0.717) is 23.8 Å². The summed E-state index contributed by atoms with van der Waals surface area (Å²) >= 11 is 6.14. The van der Waals surface area contributed by atoms with Gasteiger partial charge in [-0.2, -0.15) is 5.10 Å². The Morgan fingerprint density at radius 2 is 1.53 bits per heavy atom. The molecule has 0 aliphatic rings. The smallest absolute Gasteiger partial charge is 0.272 e. The van der Waals surface area contributed by atoms with Crippen molar-refractivity contribution >= 4 is 17.5 Å². The number of hydrogen-bond acceptors (Lipinski definition) is 2. The third-order valence-electron chi connectivity index (χ3n) is 6.22. The second-order valence-corrected chi connectivity index (χ2v) is 9.19. The molecule has 6 heteroatoms. The second-order valence-electron chi connectivity index (χ2n) is 8.76. The monoisotopic (exact) mass is 494 g/mol. The molecule has 180 valence electrons. The van der Waals surface area contributed by atoms with Crippen LogP contribution in [0.1, 0.15) is 21.6 Å². The number of nitrogens with zero attached hydrogens (tertiary/aromatic N) is 4. The fraction of sp³-hybridized carbons (Fsp3) is 0.133. The van der Waals surface area contributed by atoms with Crippen LogP contribution >= 0.6 is 11.6 Å². The van der Waals surface area contributed by atoms with Crippen LogP contribution in [0.25, 0.3) is 17.1 Å². The van der Waals surface area contributed by atoms with Crippen molar-refractivity contribution in [3.05, 3.63) is 131 Å². The zero-order valence-corrected chi connectivity index (χ0v) is 20.8. The molecule has 5 nitrogen and oxygen atoms in total. The largest absolute Gasteiger partial charge is 0.349 e. The number of aryl methyl sites for hydroxylation is 1. The minimum absolute atomic E-state index is 0.0716. The van der Waals surface area contributed by atoms with Crippen molar-refractivity contribution in [3.8, 4) is 17.1 Å². The van der Waals surface area contributed by atoms with Crippen molar-refractivity contribution in [1.29, 1.82) is 0 Å². The summed E-state index contributed by atoms with van der Waals surface area (Å²) in [4.78, 5) is 16.0. The Bertz CT molecular complexity index is 1440. The first-order valence-electron chi connectivity index (χ1n) is 11.9. The maximum atomic E-state index is 14.1. The molecule has 0 saturated carbocycles. The predicted molar refractivity (Wildman–Crippen MR) is 144 cm³/mol. The van der Waals surface area contributed by atoms with Gasteiger partial charge in [0, 0.05) is 31.4 Å². The van der Waals surface area contributed by atoms with Gasteiger partial charge in [-0.1, -0.05) is 72.3 Å². The van der Waals surface area contributed by atoms with Gasteiger partial charge in [-0.05, 0) is 60.0 Å². The molecule has 0 spiro atoms. The molecule has 0 aliphatic heterocycles. The highest BCUT2D eigenvalue weighted by Crippen LogP contribution is 2.24. The highest BCUT2D eigenvalue weighted by Gasteiger charge is 2.24. The first-order chi connectivity index (χ1) is 17.6. The van der Waals surface area contributed by atoms with Crippen LogP contribution in [0.3, 0.4) is 0 Å². The van der Waals surface area contributed by atoms with Crippen LogP contribution < -0.4 is 0 Å². The lowest BCUT2D eigenvalue weighted by Gasteiger charge is -2.23. The van der Waals surface area contributed by atoms with Crippen LogP contribution in [0.5, 0.6) is 0 Å². The number of carbonyl (C=O) groups is 1. The number of aromatic nitrogens is 3. The SMILES string of the molecule is Cn1cccc1-c1cc(C(=O)N(CCc2ccccc2)Cc2ccccc2)n(-c2ccc(Cl)cc2)n1. The van der Waals surface area contributed by atoms with E-state index >= 15 is 0 Å². The molecule has 0 N–H and O–H groups in total. The molecule has 0 fully saturated rings. The van der Waals surface area contributed by atoms with Gasteiger partial charge in [0.1, 0.15) is 11.4 Å². The van der Waals surface area contributed by atoms with Crippen molar-refractivity contribution in [2.24, 2.45) is 7.05 Å². The number of carbonyl (C=O) groups excluding carboxylic acids is 1. The van der Waals surface area contributed by atoms with Crippen LogP contribution in [0, 0.1) is 0 Å². The van der Waals surface area contributed by atoms with E-state index in [9.17, 15) is 4.79 Å². The van der Waals surface area contributed by atoms with Crippen LogP contribution in [0.15, 0.2) is 109 Å². The molecule has 36 heavy (non-hydrogen) atoms. The molecule has 0 bridgehead atoms. The summed E-state index contributed by atoms with van der Waals surface area (Å²) in [7, 11) is 1.97. The number of hydrogen-bond donors (Lipinski definition) is 0. The van der Waals surface area contributed by atoms with Crippen molar-refractivity contribution in [1.82, 2.24) is 19.2 Å². The van der Waals surface area contributed by atoms with Crippen molar-refractivity contribution in [2.45, 2.75) is 13.0 Å². The molecule has 5 rings (SSSR count). The van der Waals surface area contributed by atoms with Crippen molar-refractivity contribution in [2.75, 3.05) is 6.54 Å². The van der Waals surface area contributed by atoms with Gasteiger partial charge in [-0.15, -0.1) is 0 Å². The minimum atomic E-state index is -0.0716. The molecule has 2 aromatic heterocycles. The summed E-state index contributed by atoms with van der Waals surface area (Å²) < 4.78 is 3.72. The van der Waals surface area contributed by atoms with E-state index in [0.717, 1.165) is 29.1 Å². The van der Waals surface area contributed by atoms with Crippen LogP contribution in [0.4, 0.5) is 0 Å². The van der Waals surface area contributed by atoms with E-state index in [4.69, 9.17) is 16.7 Å². The third kappa shape index (κ3) is 5.26. The van der Waals surface area contributed by atoms with Gasteiger partial charge in [0.15, 0.2) is 0 Å². The normalized spacial score (nSPS) is 10.9. The molecule has 1 amide bonds. The summed E-state index contributed by atoms with van der Waals surface area (Å²) in [6, 6.07) is 33.6. The Kier molecular flexibility index (Phi) is 7.01. The maximum absolute atomic E-state index is 14.1. The Balaban J connectivity index is 1.54. The summed E-state index contributed by atoms with van der Waals surface area (Å²) in [5, 5.41) is 5.48. The van der Waals surface area contributed by atoms with Gasteiger partial charge >= 0.3 is 0 Å². The average Bonchev–Trinajstić information content (AvgIpc) is 3.54. The molecule has 0 aliphatic carbocycles. The van der Waals surface area contributed by atoms with Gasteiger partial charge in [-0.3, -0.25) is 4.79 Å². The zero-order valence-electron chi connectivity index (χ0n) is 20.1. The predicted octanol–water partition coefficient (Wildman–Crippen LogP) is 6.42. The lowest BCUT2D eigenvalue weighted by molar-refractivity contribution is 0.0736. The Labute approximate surface area is 216 Å². The number of benzene rings is 3. The standard InChI is InChI=1S/C30H27ClN4O/c1-33-19-8-13-28(33)27-21-29(35(32-27)26-16-14-25(31)15-17-26)30(36)34(22-24-11-6-3-7-12-24)20-18-23-9-4-2-5-10-23/h2-17,19,21H,18,20,22H2,1H3. The second kappa shape index (κ2) is 10.7. The summed E-state index contributed by atoms with van der Waals surface area (Å²) in [5.74, 6) is -0.0716. The first kappa shape index (κ1) is 23.6. The van der Waals surface area contributed by atoms with E-state index in [1.807, 2.05) is 102 Å². The molecule has 3 aromatic carbocycles. The first-order valence-corrected chi connectivity index (χ1v) is 12.3. The van der Waals surface area contributed by atoms with E-state index in [2.05, 4.69) is 24.3 Å². The summed E-state index contributed by atoms with van der Waals surface area (Å²) in [5.41, 5.74) is 5.25. The van der Waals surface area contributed by atoms with Gasteiger partial charge < -0.3 is 9.47 Å². The van der Waals surface area contributed by atoms with Crippen molar-refractivity contribution in [3.63, 3.8) is 0 Å². The number of amides is 1. The van der Waals surface area contributed by atoms with E-state index < -0.39 is 0 Å². The molecule has 0 atom stereocenters. The highest BCUT2D eigenvalue weighted by molar-refractivity contribution is 6.30. The summed E-state index contributed by atoms with van der Waals surface area (Å²) in [6.45, 7) is 1.10. The third-order valence-corrected chi connectivity index (χ3v) is 6.47. The molecular formula is C30H27ClN4O. The zero-order chi connectivity index (χ0) is 24.9. The topological polar surface area (TPSA) is 43.1 Å². The van der Waals surface area contributed by atoms with Crippen LogP contribution in [-0.2, 0) is 20.0 Å². The van der Waals surface area contributed by atoms with E-state index in [1.54, 1.807) is 4.68 Å². The van der Waals surface area contributed by atoms with E-state index in [1.165, 1.54) is 5.56 Å². The quantitative estimate of drug-likeness (QED) is 0.250. The maximum Gasteiger partial charge on any atom is 0.272 e. The Morgan fingerprint density at radius 1 is 0.861 bits per heavy atom. The van der Waals surface area contributed by atoms with Crippen LogP contribution in [0.2, 0.25) is 5.02 Å². The fourth-order valence-electron chi connectivity index (χ4n) is 4.29. The van der Waals surface area contributed by atoms with Gasteiger partial charge in [0.2, 0.25) is 0 Å². The van der Waals surface area contributed by atoms with Gasteiger partial charge in [0.05, 0.1) is 11.4 Å². The van der Waals surface area contributed by atoms with Crippen LogP contribution in [-0.4, -0.2) is 31.7 Å². The average molecular weight is 495 g/mol. The Hall–Kier alpha value is -4.09. The fourth-order valence-corrected chi connectivity index (χ4v) is 4.42. The molecule has 0 unspecified atom stereocenters. The van der Waals surface area contributed by atoms with Crippen molar-refractivity contribution < 1.29 is 4.79 Å². The lowest BCUT2D eigenvalue weighted by atomic mass is 10.1. The van der Waals surface area contributed by atoms with Gasteiger partial charge in [-0.25, -0.2) is 4.68 Å². The van der Waals surface area contributed by atoms with Gasteiger partial charge in [0.25, 0.3) is 5.91 Å².